The highest BCUT2D eigenvalue weighted by molar-refractivity contribution is 5.74. The first kappa shape index (κ1) is 16.6. The largest absolute Gasteiger partial charge is 0.383 e. The zero-order chi connectivity index (χ0) is 16.6. The summed E-state index contributed by atoms with van der Waals surface area (Å²) < 4.78 is 5.51. The van der Waals surface area contributed by atoms with Gasteiger partial charge in [0.05, 0.1) is 6.61 Å². The van der Waals surface area contributed by atoms with E-state index in [4.69, 9.17) is 4.74 Å². The third-order valence-electron chi connectivity index (χ3n) is 6.74. The minimum absolute atomic E-state index is 0.295. The van der Waals surface area contributed by atoms with E-state index in [9.17, 15) is 4.79 Å². The number of likely N-dealkylation sites (tertiary alicyclic amines) is 3. The van der Waals surface area contributed by atoms with E-state index < -0.39 is 0 Å². The monoisotopic (exact) mass is 335 g/mol. The molecule has 24 heavy (non-hydrogen) atoms. The first-order valence-electron chi connectivity index (χ1n) is 9.96. The van der Waals surface area contributed by atoms with Crippen molar-refractivity contribution in [2.24, 2.45) is 11.3 Å². The van der Waals surface area contributed by atoms with E-state index in [0.717, 1.165) is 38.7 Å². The van der Waals surface area contributed by atoms with Crippen LogP contribution < -0.4 is 0 Å². The number of methoxy groups -OCH3 is 1. The van der Waals surface area contributed by atoms with Gasteiger partial charge in [-0.2, -0.15) is 0 Å². The van der Waals surface area contributed by atoms with Crippen molar-refractivity contribution in [1.82, 2.24) is 14.7 Å². The molecule has 0 aromatic rings. The van der Waals surface area contributed by atoms with Gasteiger partial charge in [-0.25, -0.2) is 4.79 Å². The van der Waals surface area contributed by atoms with Crippen molar-refractivity contribution in [3.63, 3.8) is 0 Å². The predicted octanol–water partition coefficient (Wildman–Crippen LogP) is 2.42. The maximum absolute atomic E-state index is 12.6. The molecule has 0 unspecified atom stereocenters. The topological polar surface area (TPSA) is 36.0 Å². The molecule has 0 radical (unpaired) electrons. The molecule has 5 heteroatoms. The molecular formula is C19H33N3O2. The maximum Gasteiger partial charge on any atom is 0.319 e. The van der Waals surface area contributed by atoms with E-state index in [0.29, 0.717) is 17.5 Å². The summed E-state index contributed by atoms with van der Waals surface area (Å²) in [4.78, 5) is 19.5. The van der Waals surface area contributed by atoms with Crippen LogP contribution in [0.5, 0.6) is 0 Å². The zero-order valence-electron chi connectivity index (χ0n) is 15.2. The quantitative estimate of drug-likeness (QED) is 0.791. The Morgan fingerprint density at radius 3 is 2.38 bits per heavy atom. The van der Waals surface area contributed by atoms with Crippen molar-refractivity contribution in [2.75, 3.05) is 53.0 Å². The van der Waals surface area contributed by atoms with Crippen molar-refractivity contribution in [3.05, 3.63) is 0 Å². The number of urea groups is 1. The number of carbonyl (C=O) groups is 1. The van der Waals surface area contributed by atoms with Gasteiger partial charge in [-0.3, -0.25) is 4.90 Å². The number of piperidine rings is 1. The number of amides is 2. The summed E-state index contributed by atoms with van der Waals surface area (Å²) in [5.74, 6) is 0.941. The second kappa shape index (κ2) is 6.83. The first-order valence-corrected chi connectivity index (χ1v) is 9.96. The number of ether oxygens (including phenoxy) is 1. The Bertz CT molecular complexity index is 452. The third kappa shape index (κ3) is 3.43. The van der Waals surface area contributed by atoms with Crippen molar-refractivity contribution in [3.8, 4) is 0 Å². The Morgan fingerprint density at radius 2 is 1.75 bits per heavy atom. The van der Waals surface area contributed by atoms with Gasteiger partial charge >= 0.3 is 6.03 Å². The smallest absolute Gasteiger partial charge is 0.319 e. The summed E-state index contributed by atoms with van der Waals surface area (Å²) in [5.41, 5.74) is 0.430. The predicted molar refractivity (Wildman–Crippen MR) is 94.0 cm³/mol. The minimum atomic E-state index is 0.295. The van der Waals surface area contributed by atoms with Crippen LogP contribution in [0.15, 0.2) is 0 Å². The van der Waals surface area contributed by atoms with Crippen LogP contribution in [0.25, 0.3) is 0 Å². The number of hydrogen-bond donors (Lipinski definition) is 0. The van der Waals surface area contributed by atoms with Crippen LogP contribution in [0, 0.1) is 11.3 Å². The fourth-order valence-corrected chi connectivity index (χ4v) is 5.10. The second-order valence-corrected chi connectivity index (χ2v) is 8.65. The van der Waals surface area contributed by atoms with Crippen molar-refractivity contribution in [1.29, 1.82) is 0 Å². The lowest BCUT2D eigenvalue weighted by atomic mass is 9.76. The van der Waals surface area contributed by atoms with Crippen molar-refractivity contribution < 1.29 is 9.53 Å². The average molecular weight is 335 g/mol. The molecule has 0 aromatic carbocycles. The van der Waals surface area contributed by atoms with Crippen molar-refractivity contribution >= 4 is 6.03 Å². The molecule has 4 rings (SSSR count). The average Bonchev–Trinajstić information content (AvgIpc) is 3.11. The molecular weight excluding hydrogens is 302 g/mol. The first-order chi connectivity index (χ1) is 11.7. The number of nitrogens with zero attached hydrogens (tertiary/aromatic N) is 3. The molecule has 1 atom stereocenters. The van der Waals surface area contributed by atoms with E-state index in [1.165, 1.54) is 58.0 Å². The minimum Gasteiger partial charge on any atom is -0.383 e. The van der Waals surface area contributed by atoms with Crippen LogP contribution in [-0.4, -0.2) is 79.8 Å². The van der Waals surface area contributed by atoms with Crippen molar-refractivity contribution in [2.45, 2.75) is 51.0 Å². The van der Waals surface area contributed by atoms with Gasteiger partial charge in [-0.1, -0.05) is 0 Å². The van der Waals surface area contributed by atoms with Crippen LogP contribution in [0.4, 0.5) is 4.79 Å². The number of hydrogen-bond acceptors (Lipinski definition) is 3. The fraction of sp³-hybridized carbons (Fsp3) is 0.947. The van der Waals surface area contributed by atoms with Gasteiger partial charge in [-0.15, -0.1) is 0 Å². The standard InChI is InChI=1S/C19H33N3O2/c1-24-14-17-12-19(15-22(17)13-16-4-5-16)6-10-21(11-7-19)18(23)20-8-2-3-9-20/h16-17H,2-15H2,1H3/t17-/m1/s1. The Balaban J connectivity index is 1.34. The molecule has 5 nitrogen and oxygen atoms in total. The van der Waals surface area contributed by atoms with Gasteiger partial charge in [0.1, 0.15) is 0 Å². The normalized spacial score (nSPS) is 30.5. The van der Waals surface area contributed by atoms with Crippen LogP contribution in [-0.2, 0) is 4.74 Å². The van der Waals surface area contributed by atoms with Gasteiger partial charge in [0.25, 0.3) is 0 Å². The Hall–Kier alpha value is -0.810. The van der Waals surface area contributed by atoms with E-state index >= 15 is 0 Å². The maximum atomic E-state index is 12.6. The lowest BCUT2D eigenvalue weighted by molar-refractivity contribution is 0.102. The molecule has 2 amide bonds. The van der Waals surface area contributed by atoms with Gasteiger partial charge in [-0.05, 0) is 56.3 Å². The highest BCUT2D eigenvalue weighted by Gasteiger charge is 2.47. The number of carbonyl (C=O) groups excluding carboxylic acids is 1. The molecule has 3 heterocycles. The Labute approximate surface area is 146 Å². The zero-order valence-corrected chi connectivity index (χ0v) is 15.2. The summed E-state index contributed by atoms with van der Waals surface area (Å²) in [6.07, 6.45) is 8.81. The third-order valence-corrected chi connectivity index (χ3v) is 6.74. The van der Waals surface area contributed by atoms with Crippen LogP contribution >= 0.6 is 0 Å². The molecule has 3 saturated heterocycles. The van der Waals surface area contributed by atoms with Gasteiger partial charge in [0.15, 0.2) is 0 Å². The summed E-state index contributed by atoms with van der Waals surface area (Å²) in [6, 6.07) is 0.889. The molecule has 0 aromatic heterocycles. The lowest BCUT2D eigenvalue weighted by Crippen LogP contribution is -2.48. The molecule has 0 N–H and O–H groups in total. The van der Waals surface area contributed by atoms with Gasteiger partial charge in [0, 0.05) is 52.4 Å². The molecule has 136 valence electrons. The molecule has 1 spiro atoms. The Morgan fingerprint density at radius 1 is 1.08 bits per heavy atom. The molecule has 1 aliphatic carbocycles. The van der Waals surface area contributed by atoms with E-state index in [1.807, 2.05) is 7.11 Å². The van der Waals surface area contributed by atoms with Crippen LogP contribution in [0.3, 0.4) is 0 Å². The molecule has 1 saturated carbocycles. The SMILES string of the molecule is COC[C@H]1CC2(CCN(C(=O)N3CCCC3)CC2)CN1CC1CC1. The highest BCUT2D eigenvalue weighted by Crippen LogP contribution is 2.45. The molecule has 3 aliphatic heterocycles. The Kier molecular flexibility index (Phi) is 4.74. The summed E-state index contributed by atoms with van der Waals surface area (Å²) in [7, 11) is 1.83. The van der Waals surface area contributed by atoms with Crippen LogP contribution in [0.2, 0.25) is 0 Å². The van der Waals surface area contributed by atoms with Crippen LogP contribution in [0.1, 0.15) is 44.9 Å². The van der Waals surface area contributed by atoms with Gasteiger partial charge in [0.2, 0.25) is 0 Å². The highest BCUT2D eigenvalue weighted by atomic mass is 16.5. The molecule has 0 bridgehead atoms. The molecule has 4 fully saturated rings. The second-order valence-electron chi connectivity index (χ2n) is 8.65. The van der Waals surface area contributed by atoms with Gasteiger partial charge < -0.3 is 14.5 Å². The lowest BCUT2D eigenvalue weighted by Gasteiger charge is -2.40. The summed E-state index contributed by atoms with van der Waals surface area (Å²) in [5, 5.41) is 0. The van der Waals surface area contributed by atoms with E-state index in [1.54, 1.807) is 0 Å². The summed E-state index contributed by atoms with van der Waals surface area (Å²) in [6.45, 7) is 7.19. The van der Waals surface area contributed by atoms with E-state index in [2.05, 4.69) is 14.7 Å². The fourth-order valence-electron chi connectivity index (χ4n) is 5.10. The molecule has 4 aliphatic rings. The number of rotatable bonds is 4. The van der Waals surface area contributed by atoms with E-state index in [-0.39, 0.29) is 0 Å². The summed E-state index contributed by atoms with van der Waals surface area (Å²) >= 11 is 0.